The van der Waals surface area contributed by atoms with E-state index in [9.17, 15) is 0 Å². The highest BCUT2D eigenvalue weighted by Crippen LogP contribution is 2.26. The maximum absolute atomic E-state index is 5.77. The Morgan fingerprint density at radius 1 is 1.36 bits per heavy atom. The van der Waals surface area contributed by atoms with Crippen LogP contribution in [0.3, 0.4) is 0 Å². The Kier molecular flexibility index (Phi) is 3.44. The van der Waals surface area contributed by atoms with Gasteiger partial charge in [-0.05, 0) is 12.8 Å². The molecule has 0 N–H and O–H groups in total. The predicted molar refractivity (Wildman–Crippen MR) is 53.1 cm³/mol. The van der Waals surface area contributed by atoms with Crippen LogP contribution in [-0.4, -0.2) is 16.4 Å². The van der Waals surface area contributed by atoms with E-state index in [0.717, 1.165) is 24.4 Å². The quantitative estimate of drug-likeness (QED) is 0.502. The zero-order chi connectivity index (χ0) is 8.43. The minimum atomic E-state index is 0.0796. The molecule has 1 saturated heterocycles. The Hall–Kier alpha value is 0.500. The summed E-state index contributed by atoms with van der Waals surface area (Å²) < 4.78 is 0.0796. The number of hydrogen-bond donors (Lipinski definition) is 0. The summed E-state index contributed by atoms with van der Waals surface area (Å²) in [5, 5.41) is 0.343. The van der Waals surface area contributed by atoms with Crippen LogP contribution in [0.4, 0.5) is 0 Å². The number of thiocarbonyl (C=S) groups is 1. The van der Waals surface area contributed by atoms with Crippen LogP contribution in [0.15, 0.2) is 9.65 Å². The number of nitrogens with zero attached hydrogens (tertiary/aromatic N) is 1. The Balaban J connectivity index is 2.75. The highest BCUT2D eigenvalue weighted by Gasteiger charge is 2.20. The largest absolute Gasteiger partial charge is 0.325 e. The molecule has 1 heterocycles. The minimum Gasteiger partial charge on any atom is -0.325 e. The first-order chi connectivity index (χ1) is 5.13. The fourth-order valence-corrected chi connectivity index (χ4v) is 1.73. The van der Waals surface area contributed by atoms with Gasteiger partial charge in [0.25, 0.3) is 0 Å². The normalized spacial score (nSPS) is 17.4. The van der Waals surface area contributed by atoms with Crippen molar-refractivity contribution in [3.05, 3.63) is 9.65 Å². The summed E-state index contributed by atoms with van der Waals surface area (Å²) in [4.78, 5) is 2.57. The van der Waals surface area contributed by atoms with Crippen molar-refractivity contribution in [2.75, 3.05) is 6.54 Å². The molecule has 0 unspecified atom stereocenters. The molecule has 0 aromatic heterocycles. The van der Waals surface area contributed by atoms with Crippen molar-refractivity contribution in [2.45, 2.75) is 12.8 Å². The van der Waals surface area contributed by atoms with Gasteiger partial charge in [0, 0.05) is 6.54 Å². The molecule has 1 aliphatic rings. The van der Waals surface area contributed by atoms with Crippen LogP contribution in [0.2, 0.25) is 0 Å². The van der Waals surface area contributed by atoms with E-state index in [1.165, 1.54) is 0 Å². The standard InChI is InChI=1S/C6H6Cl3NS/c7-5(8)6(9)10-3-1-2-4(10)11/h1-3H2. The molecule has 5 heteroatoms. The second kappa shape index (κ2) is 3.94. The molecule has 0 atom stereocenters. The number of halogens is 3. The van der Waals surface area contributed by atoms with E-state index in [0.29, 0.717) is 5.16 Å². The highest BCUT2D eigenvalue weighted by atomic mass is 35.5. The highest BCUT2D eigenvalue weighted by molar-refractivity contribution is 7.80. The zero-order valence-corrected chi connectivity index (χ0v) is 8.69. The number of rotatable bonds is 1. The number of hydrogen-bond acceptors (Lipinski definition) is 1. The van der Waals surface area contributed by atoms with E-state index < -0.39 is 0 Å². The maximum Gasteiger partial charge on any atom is 0.142 e. The lowest BCUT2D eigenvalue weighted by Crippen LogP contribution is -2.19. The summed E-state index contributed by atoms with van der Waals surface area (Å²) in [5.74, 6) is 0. The first kappa shape index (κ1) is 9.59. The molecule has 0 spiro atoms. The van der Waals surface area contributed by atoms with Gasteiger partial charge in [-0.25, -0.2) is 0 Å². The van der Waals surface area contributed by atoms with Gasteiger partial charge in [0.05, 0.1) is 4.99 Å². The summed E-state index contributed by atoms with van der Waals surface area (Å²) in [6, 6.07) is 0. The van der Waals surface area contributed by atoms with Gasteiger partial charge in [-0.3, -0.25) is 0 Å². The Bertz CT molecular complexity index is 210. The average molecular weight is 231 g/mol. The predicted octanol–water partition coefficient (Wildman–Crippen LogP) is 3.25. The lowest BCUT2D eigenvalue weighted by Gasteiger charge is -2.15. The third kappa shape index (κ3) is 2.22. The first-order valence-corrected chi connectivity index (χ1v) is 4.68. The van der Waals surface area contributed by atoms with Gasteiger partial charge in [-0.1, -0.05) is 47.0 Å². The Morgan fingerprint density at radius 3 is 2.36 bits per heavy atom. The SMILES string of the molecule is S=C1CCCN1C(Cl)=C(Cl)Cl. The molecule has 1 aliphatic heterocycles. The number of likely N-dealkylation sites (tertiary alicyclic amines) is 1. The van der Waals surface area contributed by atoms with Crippen LogP contribution < -0.4 is 0 Å². The molecule has 1 rings (SSSR count). The topological polar surface area (TPSA) is 3.24 Å². The third-order valence-corrected chi connectivity index (χ3v) is 2.84. The summed E-state index contributed by atoms with van der Waals surface area (Å²) in [6.45, 7) is 0.820. The smallest absolute Gasteiger partial charge is 0.142 e. The van der Waals surface area contributed by atoms with Crippen molar-refractivity contribution in [3.8, 4) is 0 Å². The van der Waals surface area contributed by atoms with Crippen LogP contribution in [0.5, 0.6) is 0 Å². The molecule has 0 amide bonds. The molecular weight excluding hydrogens is 224 g/mol. The van der Waals surface area contributed by atoms with E-state index in [-0.39, 0.29) is 4.49 Å². The van der Waals surface area contributed by atoms with Crippen molar-refractivity contribution in [2.24, 2.45) is 0 Å². The van der Waals surface area contributed by atoms with E-state index in [1.54, 1.807) is 4.90 Å². The van der Waals surface area contributed by atoms with E-state index in [2.05, 4.69) is 0 Å². The van der Waals surface area contributed by atoms with Gasteiger partial charge >= 0.3 is 0 Å². The third-order valence-electron chi connectivity index (χ3n) is 1.47. The van der Waals surface area contributed by atoms with E-state index >= 15 is 0 Å². The second-order valence-electron chi connectivity index (χ2n) is 2.20. The molecule has 1 fully saturated rings. The second-order valence-corrected chi connectivity index (χ2v) is 3.98. The van der Waals surface area contributed by atoms with Crippen LogP contribution in [0.1, 0.15) is 12.8 Å². The summed E-state index contributed by atoms with van der Waals surface area (Å²) >= 11 is 21.8. The monoisotopic (exact) mass is 229 g/mol. The lowest BCUT2D eigenvalue weighted by molar-refractivity contribution is 0.595. The molecule has 0 aliphatic carbocycles. The van der Waals surface area contributed by atoms with Crippen molar-refractivity contribution < 1.29 is 0 Å². The van der Waals surface area contributed by atoms with Crippen molar-refractivity contribution in [3.63, 3.8) is 0 Å². The molecular formula is C6H6Cl3NS. The molecule has 0 aromatic carbocycles. The molecule has 0 aromatic rings. The van der Waals surface area contributed by atoms with Gasteiger partial charge in [0.2, 0.25) is 0 Å². The maximum atomic E-state index is 5.77. The average Bonchev–Trinajstić information content (AvgIpc) is 2.33. The van der Waals surface area contributed by atoms with Gasteiger partial charge in [-0.2, -0.15) is 0 Å². The Labute approximate surface area is 85.9 Å². The van der Waals surface area contributed by atoms with E-state index in [1.807, 2.05) is 0 Å². The minimum absolute atomic E-state index is 0.0796. The van der Waals surface area contributed by atoms with Gasteiger partial charge < -0.3 is 4.90 Å². The molecule has 0 radical (unpaired) electrons. The van der Waals surface area contributed by atoms with Gasteiger partial charge in [0.1, 0.15) is 9.65 Å². The van der Waals surface area contributed by atoms with Crippen LogP contribution in [0, 0.1) is 0 Å². The molecule has 0 bridgehead atoms. The summed E-state index contributed by atoms with van der Waals surface area (Å²) in [7, 11) is 0. The lowest BCUT2D eigenvalue weighted by atomic mass is 10.4. The van der Waals surface area contributed by atoms with Gasteiger partial charge in [0.15, 0.2) is 0 Å². The van der Waals surface area contributed by atoms with Crippen molar-refractivity contribution in [1.29, 1.82) is 0 Å². The molecule has 1 nitrogen and oxygen atoms in total. The molecule has 11 heavy (non-hydrogen) atoms. The summed E-state index contributed by atoms with van der Waals surface area (Å²) in [5.41, 5.74) is 0. The summed E-state index contributed by atoms with van der Waals surface area (Å²) in [6.07, 6.45) is 1.92. The van der Waals surface area contributed by atoms with Crippen LogP contribution in [-0.2, 0) is 0 Å². The fraction of sp³-hybridized carbons (Fsp3) is 0.500. The zero-order valence-electron chi connectivity index (χ0n) is 5.61. The van der Waals surface area contributed by atoms with Crippen LogP contribution >= 0.6 is 47.0 Å². The van der Waals surface area contributed by atoms with E-state index in [4.69, 9.17) is 47.0 Å². The Morgan fingerprint density at radius 2 is 2.00 bits per heavy atom. The van der Waals surface area contributed by atoms with Crippen LogP contribution in [0.25, 0.3) is 0 Å². The molecule has 0 saturated carbocycles. The first-order valence-electron chi connectivity index (χ1n) is 3.14. The van der Waals surface area contributed by atoms with Crippen molar-refractivity contribution >= 4 is 52.0 Å². The van der Waals surface area contributed by atoms with Crippen molar-refractivity contribution in [1.82, 2.24) is 4.90 Å². The van der Waals surface area contributed by atoms with Gasteiger partial charge in [-0.15, -0.1) is 0 Å². The fourth-order valence-electron chi connectivity index (χ4n) is 0.958. The molecule has 62 valence electrons.